The van der Waals surface area contributed by atoms with Gasteiger partial charge < -0.3 is 14.6 Å². The summed E-state index contributed by atoms with van der Waals surface area (Å²) < 4.78 is 11.3. The average molecular weight is 321 g/mol. The maximum absolute atomic E-state index is 12.2. The number of amides is 1. The van der Waals surface area contributed by atoms with Gasteiger partial charge >= 0.3 is 0 Å². The van der Waals surface area contributed by atoms with Crippen molar-refractivity contribution in [2.45, 2.75) is 65.3 Å². The van der Waals surface area contributed by atoms with E-state index in [1.165, 1.54) is 5.56 Å². The van der Waals surface area contributed by atoms with Crippen LogP contribution in [-0.4, -0.2) is 47.3 Å². The van der Waals surface area contributed by atoms with Crippen LogP contribution in [0.25, 0.3) is 0 Å². The molecule has 2 fully saturated rings. The lowest BCUT2D eigenvalue weighted by Crippen LogP contribution is -2.42. The molecule has 0 aromatic carbocycles. The van der Waals surface area contributed by atoms with Crippen LogP contribution in [-0.2, 0) is 16.1 Å². The number of carbonyl (C=O) groups is 1. The Morgan fingerprint density at radius 2 is 2.22 bits per heavy atom. The van der Waals surface area contributed by atoms with Crippen LogP contribution in [0.1, 0.15) is 43.7 Å². The number of carbonyl (C=O) groups excluding carboxylic acids is 1. The molecule has 6 heteroatoms. The van der Waals surface area contributed by atoms with Crippen LogP contribution in [0.4, 0.5) is 0 Å². The first-order valence-corrected chi connectivity index (χ1v) is 8.54. The Kier molecular flexibility index (Phi) is 4.73. The predicted octanol–water partition coefficient (Wildman–Crippen LogP) is 1.80. The van der Waals surface area contributed by atoms with Gasteiger partial charge in [-0.3, -0.25) is 9.69 Å². The summed E-state index contributed by atoms with van der Waals surface area (Å²) in [6, 6.07) is 0.157. The number of ether oxygens (including phenoxy) is 1. The molecule has 1 aromatic heterocycles. The van der Waals surface area contributed by atoms with Gasteiger partial charge in [0, 0.05) is 24.7 Å². The summed E-state index contributed by atoms with van der Waals surface area (Å²) in [5, 5.41) is 6.98. The van der Waals surface area contributed by atoms with E-state index in [-0.39, 0.29) is 24.2 Å². The summed E-state index contributed by atoms with van der Waals surface area (Å²) in [5.41, 5.74) is 2.14. The van der Waals surface area contributed by atoms with Crippen molar-refractivity contribution < 1.29 is 14.1 Å². The molecule has 1 N–H and O–H groups in total. The molecular formula is C17H27N3O3. The summed E-state index contributed by atoms with van der Waals surface area (Å²) in [6.07, 6.45) is 1.81. The third-order valence-electron chi connectivity index (χ3n) is 4.92. The quantitative estimate of drug-likeness (QED) is 0.916. The van der Waals surface area contributed by atoms with Crippen LogP contribution in [0.2, 0.25) is 0 Å². The van der Waals surface area contributed by atoms with E-state index in [4.69, 9.17) is 9.26 Å². The summed E-state index contributed by atoms with van der Waals surface area (Å²) in [7, 11) is 0. The largest absolute Gasteiger partial charge is 0.364 e. The molecule has 2 saturated heterocycles. The highest BCUT2D eigenvalue weighted by atomic mass is 16.5. The number of piperidine rings is 1. The van der Waals surface area contributed by atoms with Gasteiger partial charge in [0.05, 0.1) is 11.8 Å². The number of hydrogen-bond donors (Lipinski definition) is 1. The highest BCUT2D eigenvalue weighted by molar-refractivity contribution is 5.81. The fourth-order valence-corrected chi connectivity index (χ4v) is 3.64. The van der Waals surface area contributed by atoms with E-state index in [1.54, 1.807) is 0 Å². The molecule has 0 spiro atoms. The van der Waals surface area contributed by atoms with E-state index in [0.717, 1.165) is 43.9 Å². The third kappa shape index (κ3) is 3.58. The standard InChI is InChI=1S/C17H27N3O3/c1-10(2)18-17(21)15-7-13-5-6-20(9-16(13)22-15)8-14-11(3)19-23-12(14)4/h10,13,15-16H,5-9H2,1-4H3,(H,18,21)/t13-,15+,16+/m1/s1. The molecule has 23 heavy (non-hydrogen) atoms. The van der Waals surface area contributed by atoms with Crippen molar-refractivity contribution in [3.63, 3.8) is 0 Å². The monoisotopic (exact) mass is 321 g/mol. The van der Waals surface area contributed by atoms with E-state index in [0.29, 0.717) is 5.92 Å². The lowest BCUT2D eigenvalue weighted by molar-refractivity contribution is -0.133. The molecule has 3 rings (SSSR count). The van der Waals surface area contributed by atoms with Crippen LogP contribution in [0, 0.1) is 19.8 Å². The van der Waals surface area contributed by atoms with Gasteiger partial charge in [-0.1, -0.05) is 5.16 Å². The molecule has 0 radical (unpaired) electrons. The van der Waals surface area contributed by atoms with Gasteiger partial charge in [0.2, 0.25) is 5.91 Å². The van der Waals surface area contributed by atoms with Crippen molar-refractivity contribution in [3.05, 3.63) is 17.0 Å². The molecule has 2 aliphatic heterocycles. The molecular weight excluding hydrogens is 294 g/mol. The van der Waals surface area contributed by atoms with Crippen molar-refractivity contribution in [3.8, 4) is 0 Å². The molecule has 6 nitrogen and oxygen atoms in total. The first-order valence-electron chi connectivity index (χ1n) is 8.54. The van der Waals surface area contributed by atoms with E-state index >= 15 is 0 Å². The Labute approximate surface area is 137 Å². The number of aryl methyl sites for hydroxylation is 2. The van der Waals surface area contributed by atoms with E-state index in [2.05, 4.69) is 15.4 Å². The van der Waals surface area contributed by atoms with Gasteiger partial charge in [0.15, 0.2) is 0 Å². The maximum atomic E-state index is 12.2. The van der Waals surface area contributed by atoms with Gasteiger partial charge in [0.25, 0.3) is 0 Å². The minimum Gasteiger partial charge on any atom is -0.364 e. The van der Waals surface area contributed by atoms with Crippen LogP contribution >= 0.6 is 0 Å². The second kappa shape index (κ2) is 6.61. The number of fused-ring (bicyclic) bond motifs is 1. The molecule has 1 amide bonds. The molecule has 0 bridgehead atoms. The van der Waals surface area contributed by atoms with Crippen molar-refractivity contribution >= 4 is 5.91 Å². The SMILES string of the molecule is Cc1noc(C)c1CN1CC[C@@H]2C[C@@H](C(=O)NC(C)C)O[C@H]2C1. The highest BCUT2D eigenvalue weighted by Crippen LogP contribution is 2.34. The summed E-state index contributed by atoms with van der Waals surface area (Å²) in [5.74, 6) is 1.43. The molecule has 0 saturated carbocycles. The van der Waals surface area contributed by atoms with Gasteiger partial charge in [-0.25, -0.2) is 0 Å². The Balaban J connectivity index is 1.58. The molecule has 3 atom stereocenters. The van der Waals surface area contributed by atoms with Crippen LogP contribution < -0.4 is 5.32 Å². The molecule has 2 aliphatic rings. The van der Waals surface area contributed by atoms with Gasteiger partial charge in [-0.05, 0) is 53.0 Å². The van der Waals surface area contributed by atoms with E-state index < -0.39 is 0 Å². The first-order chi connectivity index (χ1) is 10.9. The summed E-state index contributed by atoms with van der Waals surface area (Å²) >= 11 is 0. The Bertz CT molecular complexity index is 550. The minimum absolute atomic E-state index is 0.0340. The molecule has 1 aromatic rings. The zero-order valence-corrected chi connectivity index (χ0v) is 14.5. The summed E-state index contributed by atoms with van der Waals surface area (Å²) in [6.45, 7) is 10.7. The number of nitrogens with zero attached hydrogens (tertiary/aromatic N) is 2. The van der Waals surface area contributed by atoms with Crippen molar-refractivity contribution in [2.24, 2.45) is 5.92 Å². The van der Waals surface area contributed by atoms with Crippen LogP contribution in [0.15, 0.2) is 4.52 Å². The number of nitrogens with one attached hydrogen (secondary N) is 1. The van der Waals surface area contributed by atoms with Crippen molar-refractivity contribution in [1.29, 1.82) is 0 Å². The van der Waals surface area contributed by atoms with Crippen molar-refractivity contribution in [2.75, 3.05) is 13.1 Å². The second-order valence-corrected chi connectivity index (χ2v) is 7.15. The van der Waals surface area contributed by atoms with Crippen molar-refractivity contribution in [1.82, 2.24) is 15.4 Å². The van der Waals surface area contributed by atoms with Crippen LogP contribution in [0.5, 0.6) is 0 Å². The topological polar surface area (TPSA) is 67.6 Å². The Morgan fingerprint density at radius 3 is 2.87 bits per heavy atom. The van der Waals surface area contributed by atoms with E-state index in [9.17, 15) is 4.79 Å². The fraction of sp³-hybridized carbons (Fsp3) is 0.765. The molecule has 0 unspecified atom stereocenters. The summed E-state index contributed by atoms with van der Waals surface area (Å²) in [4.78, 5) is 14.5. The average Bonchev–Trinajstić information content (AvgIpc) is 3.04. The number of likely N-dealkylation sites (tertiary alicyclic amines) is 1. The zero-order valence-electron chi connectivity index (χ0n) is 14.5. The predicted molar refractivity (Wildman–Crippen MR) is 85.9 cm³/mol. The van der Waals surface area contributed by atoms with E-state index in [1.807, 2.05) is 27.7 Å². The highest BCUT2D eigenvalue weighted by Gasteiger charge is 2.42. The first kappa shape index (κ1) is 16.5. The van der Waals surface area contributed by atoms with Gasteiger partial charge in [0.1, 0.15) is 11.9 Å². The zero-order chi connectivity index (χ0) is 16.6. The lowest BCUT2D eigenvalue weighted by atomic mass is 9.91. The number of aromatic nitrogens is 1. The van der Waals surface area contributed by atoms with Gasteiger partial charge in [-0.15, -0.1) is 0 Å². The smallest absolute Gasteiger partial charge is 0.249 e. The second-order valence-electron chi connectivity index (χ2n) is 7.15. The lowest BCUT2D eigenvalue weighted by Gasteiger charge is -2.33. The Morgan fingerprint density at radius 1 is 1.43 bits per heavy atom. The molecule has 0 aliphatic carbocycles. The maximum Gasteiger partial charge on any atom is 0.249 e. The number of hydrogen-bond acceptors (Lipinski definition) is 5. The normalized spacial score (nSPS) is 28.1. The third-order valence-corrected chi connectivity index (χ3v) is 4.92. The molecule has 3 heterocycles. The Hall–Kier alpha value is -1.40. The molecule has 128 valence electrons. The number of rotatable bonds is 4. The minimum atomic E-state index is -0.286. The van der Waals surface area contributed by atoms with Crippen LogP contribution in [0.3, 0.4) is 0 Å². The van der Waals surface area contributed by atoms with Gasteiger partial charge in [-0.2, -0.15) is 0 Å². The fourth-order valence-electron chi connectivity index (χ4n) is 3.64.